The lowest BCUT2D eigenvalue weighted by atomic mass is 9.87. The normalized spacial score (nSPS) is 28.1. The van der Waals surface area contributed by atoms with Crippen LogP contribution in [0, 0.1) is 5.92 Å². The average Bonchev–Trinajstić information content (AvgIpc) is 2.96. The van der Waals surface area contributed by atoms with Gasteiger partial charge in [-0.15, -0.1) is 0 Å². The van der Waals surface area contributed by atoms with Gasteiger partial charge in [0.1, 0.15) is 0 Å². The van der Waals surface area contributed by atoms with E-state index in [1.165, 1.54) is 11.1 Å². The highest BCUT2D eigenvalue weighted by molar-refractivity contribution is 5.80. The standard InChI is InChI=1S/C17H24N2O2/c1-2-18-16-11-21-10-14(16)17(20)19-15-9-5-7-12-6-3-4-8-13(12)15/h3-4,6,8,14-16,18H,2,5,7,9-11H2,1H3,(H,19,20). The lowest BCUT2D eigenvalue weighted by Gasteiger charge is -2.28. The summed E-state index contributed by atoms with van der Waals surface area (Å²) in [5.41, 5.74) is 2.66. The highest BCUT2D eigenvalue weighted by Gasteiger charge is 2.35. The Morgan fingerprint density at radius 2 is 2.19 bits per heavy atom. The molecule has 0 bridgehead atoms. The van der Waals surface area contributed by atoms with E-state index in [0.29, 0.717) is 13.2 Å². The zero-order valence-electron chi connectivity index (χ0n) is 12.6. The monoisotopic (exact) mass is 288 g/mol. The Morgan fingerprint density at radius 1 is 1.33 bits per heavy atom. The molecule has 4 heteroatoms. The van der Waals surface area contributed by atoms with Crippen LogP contribution >= 0.6 is 0 Å². The van der Waals surface area contributed by atoms with Gasteiger partial charge in [-0.25, -0.2) is 0 Å². The van der Waals surface area contributed by atoms with Crippen LogP contribution in [-0.2, 0) is 16.0 Å². The van der Waals surface area contributed by atoms with E-state index in [-0.39, 0.29) is 23.9 Å². The Balaban J connectivity index is 1.68. The quantitative estimate of drug-likeness (QED) is 0.888. The topological polar surface area (TPSA) is 50.4 Å². The van der Waals surface area contributed by atoms with Crippen molar-refractivity contribution in [2.75, 3.05) is 19.8 Å². The van der Waals surface area contributed by atoms with E-state index in [2.05, 4.69) is 41.8 Å². The Labute approximate surface area is 126 Å². The molecule has 1 aromatic rings. The third-order valence-electron chi connectivity index (χ3n) is 4.57. The van der Waals surface area contributed by atoms with Crippen molar-refractivity contribution in [3.05, 3.63) is 35.4 Å². The molecular formula is C17H24N2O2. The summed E-state index contributed by atoms with van der Waals surface area (Å²) in [5, 5.41) is 6.59. The summed E-state index contributed by atoms with van der Waals surface area (Å²) >= 11 is 0. The summed E-state index contributed by atoms with van der Waals surface area (Å²) in [6, 6.07) is 8.76. The molecule has 1 aromatic carbocycles. The number of aryl methyl sites for hydroxylation is 1. The van der Waals surface area contributed by atoms with Gasteiger partial charge in [0.15, 0.2) is 0 Å². The zero-order valence-corrected chi connectivity index (χ0v) is 12.6. The first-order valence-corrected chi connectivity index (χ1v) is 7.99. The van der Waals surface area contributed by atoms with Crippen molar-refractivity contribution < 1.29 is 9.53 Å². The molecule has 1 amide bonds. The fraction of sp³-hybridized carbons (Fsp3) is 0.588. The Morgan fingerprint density at radius 3 is 3.05 bits per heavy atom. The Kier molecular flexibility index (Phi) is 4.56. The maximum atomic E-state index is 12.6. The van der Waals surface area contributed by atoms with E-state index in [1.54, 1.807) is 0 Å². The number of hydrogen-bond donors (Lipinski definition) is 2. The summed E-state index contributed by atoms with van der Waals surface area (Å²) in [7, 11) is 0. The first-order chi connectivity index (χ1) is 10.3. The predicted octanol–water partition coefficient (Wildman–Crippen LogP) is 1.80. The van der Waals surface area contributed by atoms with Crippen molar-refractivity contribution in [2.45, 2.75) is 38.3 Å². The molecule has 1 aliphatic carbocycles. The van der Waals surface area contributed by atoms with Gasteiger partial charge in [0.05, 0.1) is 25.2 Å². The number of hydrogen-bond acceptors (Lipinski definition) is 3. The predicted molar refractivity (Wildman–Crippen MR) is 82.0 cm³/mol. The molecule has 3 atom stereocenters. The largest absolute Gasteiger partial charge is 0.379 e. The Bertz CT molecular complexity index is 503. The van der Waals surface area contributed by atoms with Gasteiger partial charge in [-0.1, -0.05) is 31.2 Å². The number of rotatable bonds is 4. The molecule has 1 aliphatic heterocycles. The van der Waals surface area contributed by atoms with Gasteiger partial charge in [-0.3, -0.25) is 4.79 Å². The molecule has 3 unspecified atom stereocenters. The molecule has 21 heavy (non-hydrogen) atoms. The second-order valence-corrected chi connectivity index (χ2v) is 5.96. The molecule has 0 spiro atoms. The number of likely N-dealkylation sites (N-methyl/N-ethyl adjacent to an activating group) is 1. The van der Waals surface area contributed by atoms with Gasteiger partial charge in [-0.2, -0.15) is 0 Å². The van der Waals surface area contributed by atoms with Gasteiger partial charge in [0.2, 0.25) is 5.91 Å². The molecule has 2 aliphatic rings. The molecule has 2 N–H and O–H groups in total. The molecule has 3 rings (SSSR count). The molecule has 1 saturated heterocycles. The van der Waals surface area contributed by atoms with E-state index in [4.69, 9.17) is 4.74 Å². The van der Waals surface area contributed by atoms with E-state index >= 15 is 0 Å². The lowest BCUT2D eigenvalue weighted by molar-refractivity contribution is -0.126. The van der Waals surface area contributed by atoms with Gasteiger partial charge >= 0.3 is 0 Å². The number of nitrogens with one attached hydrogen (secondary N) is 2. The summed E-state index contributed by atoms with van der Waals surface area (Å²) < 4.78 is 5.48. The SMILES string of the molecule is CCNC1COCC1C(=O)NC1CCCc2ccccc21. The maximum absolute atomic E-state index is 12.6. The van der Waals surface area contributed by atoms with E-state index in [1.807, 2.05) is 0 Å². The molecule has 0 saturated carbocycles. The summed E-state index contributed by atoms with van der Waals surface area (Å²) in [6.07, 6.45) is 3.29. The van der Waals surface area contributed by atoms with E-state index in [0.717, 1.165) is 25.8 Å². The second-order valence-electron chi connectivity index (χ2n) is 5.96. The molecule has 1 heterocycles. The van der Waals surface area contributed by atoms with Crippen molar-refractivity contribution in [3.8, 4) is 0 Å². The number of fused-ring (bicyclic) bond motifs is 1. The van der Waals surface area contributed by atoms with Crippen molar-refractivity contribution in [2.24, 2.45) is 5.92 Å². The fourth-order valence-electron chi connectivity index (χ4n) is 3.46. The van der Waals surface area contributed by atoms with Crippen LogP contribution in [0.2, 0.25) is 0 Å². The van der Waals surface area contributed by atoms with Crippen molar-refractivity contribution in [1.82, 2.24) is 10.6 Å². The fourth-order valence-corrected chi connectivity index (χ4v) is 3.46. The highest BCUT2D eigenvalue weighted by Crippen LogP contribution is 2.30. The average molecular weight is 288 g/mol. The summed E-state index contributed by atoms with van der Waals surface area (Å²) in [4.78, 5) is 12.6. The van der Waals surface area contributed by atoms with Gasteiger partial charge in [-0.05, 0) is 36.9 Å². The van der Waals surface area contributed by atoms with Crippen LogP contribution in [0.1, 0.15) is 36.9 Å². The highest BCUT2D eigenvalue weighted by atomic mass is 16.5. The molecule has 0 radical (unpaired) electrons. The minimum Gasteiger partial charge on any atom is -0.379 e. The first kappa shape index (κ1) is 14.5. The number of amides is 1. The molecular weight excluding hydrogens is 264 g/mol. The number of carbonyl (C=O) groups is 1. The second kappa shape index (κ2) is 6.58. The minimum absolute atomic E-state index is 0.0703. The minimum atomic E-state index is -0.0703. The van der Waals surface area contributed by atoms with Crippen LogP contribution in [0.5, 0.6) is 0 Å². The molecule has 114 valence electrons. The van der Waals surface area contributed by atoms with Crippen LogP contribution in [-0.4, -0.2) is 31.7 Å². The van der Waals surface area contributed by atoms with Crippen LogP contribution in [0.4, 0.5) is 0 Å². The summed E-state index contributed by atoms with van der Waals surface area (Å²) in [5.74, 6) is 0.0548. The van der Waals surface area contributed by atoms with E-state index in [9.17, 15) is 4.79 Å². The molecule has 0 aromatic heterocycles. The first-order valence-electron chi connectivity index (χ1n) is 7.99. The van der Waals surface area contributed by atoms with Crippen molar-refractivity contribution in [1.29, 1.82) is 0 Å². The smallest absolute Gasteiger partial charge is 0.227 e. The summed E-state index contributed by atoms with van der Waals surface area (Å²) in [6.45, 7) is 4.08. The number of carbonyl (C=O) groups excluding carboxylic acids is 1. The third-order valence-corrected chi connectivity index (χ3v) is 4.57. The number of ether oxygens (including phenoxy) is 1. The van der Waals surface area contributed by atoms with Crippen LogP contribution < -0.4 is 10.6 Å². The third kappa shape index (κ3) is 3.11. The lowest BCUT2D eigenvalue weighted by Crippen LogP contribution is -2.45. The van der Waals surface area contributed by atoms with Crippen molar-refractivity contribution >= 4 is 5.91 Å². The zero-order chi connectivity index (χ0) is 14.7. The molecule has 1 fully saturated rings. The van der Waals surface area contributed by atoms with Crippen LogP contribution in [0.3, 0.4) is 0 Å². The van der Waals surface area contributed by atoms with Gasteiger partial charge < -0.3 is 15.4 Å². The van der Waals surface area contributed by atoms with Crippen LogP contribution in [0.15, 0.2) is 24.3 Å². The van der Waals surface area contributed by atoms with E-state index < -0.39 is 0 Å². The van der Waals surface area contributed by atoms with Gasteiger partial charge in [0.25, 0.3) is 0 Å². The number of benzene rings is 1. The molecule has 4 nitrogen and oxygen atoms in total. The maximum Gasteiger partial charge on any atom is 0.227 e. The van der Waals surface area contributed by atoms with Crippen molar-refractivity contribution in [3.63, 3.8) is 0 Å². The Hall–Kier alpha value is -1.39. The van der Waals surface area contributed by atoms with Gasteiger partial charge in [0, 0.05) is 6.04 Å². The van der Waals surface area contributed by atoms with Crippen LogP contribution in [0.25, 0.3) is 0 Å².